The van der Waals surface area contributed by atoms with Gasteiger partial charge in [-0.3, -0.25) is 9.59 Å². The molecule has 0 unspecified atom stereocenters. The molecule has 5 heteroatoms. The summed E-state index contributed by atoms with van der Waals surface area (Å²) >= 11 is 0. The van der Waals surface area contributed by atoms with E-state index in [2.05, 4.69) is 13.8 Å². The average molecular weight is 417 g/mol. The Labute approximate surface area is 179 Å². The second kappa shape index (κ2) is 7.39. The number of ketones is 2. The molecule has 0 heterocycles. The molecule has 0 aromatic carbocycles. The van der Waals surface area contributed by atoms with Gasteiger partial charge in [0.05, 0.1) is 6.10 Å². The van der Waals surface area contributed by atoms with Crippen LogP contribution in [0.4, 0.5) is 0 Å². The normalized spacial score (nSPS) is 45.2. The maximum absolute atomic E-state index is 12.5. The monoisotopic (exact) mass is 416 g/mol. The molecule has 0 aliphatic heterocycles. The Balaban J connectivity index is 1.75. The lowest BCUT2D eigenvalue weighted by Gasteiger charge is -2.60. The molecule has 3 N–H and O–H groups in total. The lowest BCUT2D eigenvalue weighted by atomic mass is 9.44. The van der Waals surface area contributed by atoms with E-state index in [1.165, 1.54) is 0 Å². The minimum absolute atomic E-state index is 0.0154. The summed E-state index contributed by atoms with van der Waals surface area (Å²) in [6.07, 6.45) is 8.94. The number of unbranched alkanes of at least 4 members (excludes halogenated alkanes) is 1. The SMILES string of the molecule is CCCCC1=CC(=O)C=C2CC[C@@H]3[C@H]([C@@H](O)C[C@@]4(C)[C@H]3CC[C@]4(O)C(=O)CO)[C@@]12C. The number of rotatable bonds is 5. The van der Waals surface area contributed by atoms with Crippen LogP contribution in [0.1, 0.15) is 72.1 Å². The van der Waals surface area contributed by atoms with Gasteiger partial charge in [0, 0.05) is 16.7 Å². The van der Waals surface area contributed by atoms with E-state index >= 15 is 0 Å². The number of carbonyl (C=O) groups is 2. The Hall–Kier alpha value is -1.30. The Morgan fingerprint density at radius 2 is 1.97 bits per heavy atom. The average Bonchev–Trinajstić information content (AvgIpc) is 2.97. The molecule has 0 aromatic rings. The Morgan fingerprint density at radius 3 is 2.63 bits per heavy atom. The van der Waals surface area contributed by atoms with Gasteiger partial charge in [0.2, 0.25) is 0 Å². The second-order valence-electron chi connectivity index (χ2n) is 10.6. The van der Waals surface area contributed by atoms with Crippen molar-refractivity contribution in [1.29, 1.82) is 0 Å². The fraction of sp³-hybridized carbons (Fsp3) is 0.760. The zero-order valence-electron chi connectivity index (χ0n) is 18.5. The van der Waals surface area contributed by atoms with Crippen LogP contribution in [-0.2, 0) is 9.59 Å². The fourth-order valence-electron chi connectivity index (χ4n) is 7.83. The third-order valence-electron chi connectivity index (χ3n) is 9.39. The summed E-state index contributed by atoms with van der Waals surface area (Å²) in [5.74, 6) is -0.175. The summed E-state index contributed by atoms with van der Waals surface area (Å²) < 4.78 is 0. The Bertz CT molecular complexity index is 812. The van der Waals surface area contributed by atoms with Crippen LogP contribution in [0.3, 0.4) is 0 Å². The van der Waals surface area contributed by atoms with Crippen molar-refractivity contribution in [2.75, 3.05) is 6.61 Å². The van der Waals surface area contributed by atoms with Crippen LogP contribution < -0.4 is 0 Å². The zero-order valence-corrected chi connectivity index (χ0v) is 18.5. The second-order valence-corrected chi connectivity index (χ2v) is 10.6. The molecule has 5 nitrogen and oxygen atoms in total. The quantitative estimate of drug-likeness (QED) is 0.640. The van der Waals surface area contributed by atoms with Crippen molar-refractivity contribution < 1.29 is 24.9 Å². The molecule has 0 radical (unpaired) electrons. The maximum atomic E-state index is 12.5. The lowest BCUT2D eigenvalue weighted by molar-refractivity contribution is -0.179. The molecular formula is C25H36O5. The van der Waals surface area contributed by atoms with Gasteiger partial charge in [-0.1, -0.05) is 38.3 Å². The van der Waals surface area contributed by atoms with E-state index in [1.807, 2.05) is 6.92 Å². The van der Waals surface area contributed by atoms with Crippen LogP contribution >= 0.6 is 0 Å². The topological polar surface area (TPSA) is 94.8 Å². The number of aliphatic hydroxyl groups is 3. The third kappa shape index (κ3) is 2.78. The van der Waals surface area contributed by atoms with Gasteiger partial charge in [-0.15, -0.1) is 0 Å². The first-order valence-corrected chi connectivity index (χ1v) is 11.6. The van der Waals surface area contributed by atoms with Crippen LogP contribution in [0.25, 0.3) is 0 Å². The Kier molecular flexibility index (Phi) is 5.40. The molecular weight excluding hydrogens is 380 g/mol. The van der Waals surface area contributed by atoms with E-state index in [0.29, 0.717) is 12.8 Å². The summed E-state index contributed by atoms with van der Waals surface area (Å²) in [5, 5.41) is 32.3. The number of hydrogen-bond donors (Lipinski definition) is 3. The van der Waals surface area contributed by atoms with E-state index in [-0.39, 0.29) is 29.0 Å². The van der Waals surface area contributed by atoms with Crippen molar-refractivity contribution in [1.82, 2.24) is 0 Å². The van der Waals surface area contributed by atoms with Gasteiger partial charge >= 0.3 is 0 Å². The van der Waals surface area contributed by atoms with Crippen molar-refractivity contribution in [2.24, 2.45) is 28.6 Å². The van der Waals surface area contributed by atoms with Gasteiger partial charge in [-0.25, -0.2) is 0 Å². The number of Topliss-reactive ketones (excluding diaryl/α,β-unsaturated/α-hetero) is 1. The molecule has 7 atom stereocenters. The van der Waals surface area contributed by atoms with Gasteiger partial charge in [0.15, 0.2) is 11.6 Å². The molecule has 0 saturated heterocycles. The van der Waals surface area contributed by atoms with Crippen LogP contribution in [0.5, 0.6) is 0 Å². The highest BCUT2D eigenvalue weighted by Gasteiger charge is 2.68. The van der Waals surface area contributed by atoms with Gasteiger partial charge in [-0.2, -0.15) is 0 Å². The predicted octanol–water partition coefficient (Wildman–Crippen LogP) is 3.12. The fourth-order valence-corrected chi connectivity index (χ4v) is 7.83. The van der Waals surface area contributed by atoms with Crippen LogP contribution in [0.2, 0.25) is 0 Å². The number of carbonyl (C=O) groups excluding carboxylic acids is 2. The van der Waals surface area contributed by atoms with Crippen molar-refractivity contribution in [3.8, 4) is 0 Å². The number of allylic oxidation sites excluding steroid dienone is 4. The number of fused-ring (bicyclic) bond motifs is 5. The highest BCUT2D eigenvalue weighted by atomic mass is 16.3. The highest BCUT2D eigenvalue weighted by molar-refractivity contribution is 6.02. The highest BCUT2D eigenvalue weighted by Crippen LogP contribution is 2.68. The Morgan fingerprint density at radius 1 is 1.23 bits per heavy atom. The first-order valence-electron chi connectivity index (χ1n) is 11.6. The van der Waals surface area contributed by atoms with E-state index < -0.39 is 29.5 Å². The van der Waals surface area contributed by atoms with Gasteiger partial charge in [0.1, 0.15) is 12.2 Å². The van der Waals surface area contributed by atoms with Crippen LogP contribution in [0, 0.1) is 28.6 Å². The van der Waals surface area contributed by atoms with Crippen molar-refractivity contribution in [2.45, 2.75) is 83.8 Å². The summed E-state index contributed by atoms with van der Waals surface area (Å²) in [6, 6.07) is 0. The number of aliphatic hydroxyl groups excluding tert-OH is 2. The number of hydrogen-bond acceptors (Lipinski definition) is 5. The zero-order chi connectivity index (χ0) is 21.9. The lowest BCUT2D eigenvalue weighted by Crippen LogP contribution is -2.62. The first-order chi connectivity index (χ1) is 14.1. The molecule has 3 fully saturated rings. The van der Waals surface area contributed by atoms with Crippen molar-refractivity contribution >= 4 is 11.6 Å². The van der Waals surface area contributed by atoms with Gasteiger partial charge in [0.25, 0.3) is 0 Å². The molecule has 4 aliphatic rings. The van der Waals surface area contributed by atoms with Crippen molar-refractivity contribution in [3.63, 3.8) is 0 Å². The predicted molar refractivity (Wildman–Crippen MR) is 114 cm³/mol. The van der Waals surface area contributed by atoms with E-state index in [0.717, 1.165) is 49.7 Å². The smallest absolute Gasteiger partial charge is 0.190 e. The summed E-state index contributed by atoms with van der Waals surface area (Å²) in [6.45, 7) is 5.62. The van der Waals surface area contributed by atoms with Crippen LogP contribution in [0.15, 0.2) is 23.3 Å². The third-order valence-corrected chi connectivity index (χ3v) is 9.39. The minimum atomic E-state index is -1.57. The maximum Gasteiger partial charge on any atom is 0.190 e. The molecule has 3 saturated carbocycles. The molecule has 4 aliphatic carbocycles. The molecule has 0 amide bonds. The van der Waals surface area contributed by atoms with E-state index in [4.69, 9.17) is 0 Å². The standard InChI is InChI=1S/C25H36O5/c1-4-5-6-15-11-17(27)12-16-7-8-18-19-9-10-25(30,21(29)14-26)23(19,2)13-20(28)22(18)24(15,16)3/h11-12,18-20,22,26,28,30H,4-10,13-14H2,1-3H3/t18-,19-,20-,22+,23-,24-,25-/m0/s1. The molecule has 0 spiro atoms. The summed E-state index contributed by atoms with van der Waals surface area (Å²) in [7, 11) is 0. The van der Waals surface area contributed by atoms with Crippen molar-refractivity contribution in [3.05, 3.63) is 23.3 Å². The molecule has 4 rings (SSSR count). The molecule has 30 heavy (non-hydrogen) atoms. The van der Waals surface area contributed by atoms with Crippen LogP contribution in [-0.4, -0.2) is 45.2 Å². The summed E-state index contributed by atoms with van der Waals surface area (Å²) in [4.78, 5) is 24.9. The minimum Gasteiger partial charge on any atom is -0.393 e. The molecule has 0 bridgehead atoms. The van der Waals surface area contributed by atoms with Gasteiger partial charge < -0.3 is 15.3 Å². The summed E-state index contributed by atoms with van der Waals surface area (Å²) in [5.41, 5.74) is -0.357. The molecule has 0 aromatic heterocycles. The van der Waals surface area contributed by atoms with E-state index in [9.17, 15) is 24.9 Å². The molecule has 166 valence electrons. The largest absolute Gasteiger partial charge is 0.393 e. The first kappa shape index (κ1) is 21.9. The van der Waals surface area contributed by atoms with Gasteiger partial charge in [-0.05, 0) is 68.9 Å². The van der Waals surface area contributed by atoms with E-state index in [1.54, 1.807) is 12.2 Å².